The standard InChI is InChI=1S/C12H23NO2.BrH/c1-11(2,3)9(14)7-13-8-10(15)12(4,5)6;/h13H,7-8H2,1-6H3;1H. The van der Waals surface area contributed by atoms with Crippen molar-refractivity contribution in [2.75, 3.05) is 13.1 Å². The molecule has 0 bridgehead atoms. The van der Waals surface area contributed by atoms with Crippen LogP contribution in [-0.4, -0.2) is 24.7 Å². The number of rotatable bonds is 4. The smallest absolute Gasteiger partial charge is 0.151 e. The summed E-state index contributed by atoms with van der Waals surface area (Å²) in [5, 5.41) is 2.90. The van der Waals surface area contributed by atoms with Gasteiger partial charge in [-0.1, -0.05) is 41.5 Å². The van der Waals surface area contributed by atoms with Crippen molar-refractivity contribution in [1.82, 2.24) is 5.32 Å². The van der Waals surface area contributed by atoms with Crippen molar-refractivity contribution in [1.29, 1.82) is 0 Å². The van der Waals surface area contributed by atoms with Gasteiger partial charge in [0, 0.05) is 10.8 Å². The van der Waals surface area contributed by atoms with Gasteiger partial charge in [0.2, 0.25) is 0 Å². The normalized spacial score (nSPS) is 11.9. The molecule has 16 heavy (non-hydrogen) atoms. The molecule has 0 atom stereocenters. The Morgan fingerprint density at radius 3 is 1.25 bits per heavy atom. The average Bonchev–Trinajstić information content (AvgIpc) is 2.00. The minimum absolute atomic E-state index is 0. The lowest BCUT2D eigenvalue weighted by Crippen LogP contribution is -2.37. The van der Waals surface area contributed by atoms with Gasteiger partial charge in [0.05, 0.1) is 13.1 Å². The van der Waals surface area contributed by atoms with Crippen LogP contribution in [0.5, 0.6) is 0 Å². The van der Waals surface area contributed by atoms with Crippen molar-refractivity contribution in [2.24, 2.45) is 10.8 Å². The van der Waals surface area contributed by atoms with Crippen LogP contribution < -0.4 is 5.32 Å². The molecule has 0 spiro atoms. The Bertz CT molecular complexity index is 223. The van der Waals surface area contributed by atoms with Crippen LogP contribution in [0.25, 0.3) is 0 Å². The Morgan fingerprint density at radius 1 is 0.812 bits per heavy atom. The van der Waals surface area contributed by atoms with Gasteiger partial charge in [0.1, 0.15) is 0 Å². The monoisotopic (exact) mass is 293 g/mol. The molecule has 0 aromatic heterocycles. The first-order chi connectivity index (χ1) is 6.55. The topological polar surface area (TPSA) is 46.2 Å². The van der Waals surface area contributed by atoms with Gasteiger partial charge < -0.3 is 5.32 Å². The van der Waals surface area contributed by atoms with Crippen LogP contribution in [0, 0.1) is 10.8 Å². The second-order valence-corrected chi connectivity index (χ2v) is 5.95. The van der Waals surface area contributed by atoms with Gasteiger partial charge >= 0.3 is 0 Å². The van der Waals surface area contributed by atoms with Crippen molar-refractivity contribution < 1.29 is 9.59 Å². The molecule has 0 aromatic carbocycles. The maximum Gasteiger partial charge on any atom is 0.151 e. The quantitative estimate of drug-likeness (QED) is 0.866. The van der Waals surface area contributed by atoms with Gasteiger partial charge in [0.15, 0.2) is 11.6 Å². The van der Waals surface area contributed by atoms with Crippen LogP contribution >= 0.6 is 17.0 Å². The molecule has 0 saturated carbocycles. The van der Waals surface area contributed by atoms with Crippen molar-refractivity contribution in [3.8, 4) is 0 Å². The van der Waals surface area contributed by atoms with E-state index in [0.717, 1.165) is 0 Å². The van der Waals surface area contributed by atoms with Crippen LogP contribution in [0.3, 0.4) is 0 Å². The predicted octanol–water partition coefficient (Wildman–Crippen LogP) is 2.38. The maximum atomic E-state index is 11.5. The number of hydrogen-bond acceptors (Lipinski definition) is 3. The lowest BCUT2D eigenvalue weighted by atomic mass is 9.89. The third-order valence-electron chi connectivity index (χ3n) is 2.24. The minimum atomic E-state index is -0.336. The SMILES string of the molecule is Br.CC(C)(C)C(=O)CNCC(=O)C(C)(C)C. The van der Waals surface area contributed by atoms with E-state index >= 15 is 0 Å². The van der Waals surface area contributed by atoms with E-state index in [1.807, 2.05) is 41.5 Å². The molecule has 3 nitrogen and oxygen atoms in total. The lowest BCUT2D eigenvalue weighted by Gasteiger charge is -2.19. The molecule has 1 N–H and O–H groups in total. The van der Waals surface area contributed by atoms with Crippen molar-refractivity contribution in [2.45, 2.75) is 41.5 Å². The number of carbonyl (C=O) groups excluding carboxylic acids is 2. The summed E-state index contributed by atoms with van der Waals surface area (Å²) in [5.74, 6) is 0.258. The second kappa shape index (κ2) is 6.50. The van der Waals surface area contributed by atoms with E-state index in [4.69, 9.17) is 0 Å². The minimum Gasteiger partial charge on any atom is -0.303 e. The highest BCUT2D eigenvalue weighted by atomic mass is 79.9. The van der Waals surface area contributed by atoms with Gasteiger partial charge in [-0.25, -0.2) is 0 Å². The molecule has 0 heterocycles. The Hall–Kier alpha value is -0.220. The summed E-state index contributed by atoms with van der Waals surface area (Å²) in [4.78, 5) is 23.0. The van der Waals surface area contributed by atoms with E-state index in [1.54, 1.807) is 0 Å². The van der Waals surface area contributed by atoms with Gasteiger partial charge in [-0.05, 0) is 0 Å². The molecule has 96 valence electrons. The zero-order valence-electron chi connectivity index (χ0n) is 11.1. The predicted molar refractivity (Wildman–Crippen MR) is 72.1 cm³/mol. The lowest BCUT2D eigenvalue weighted by molar-refractivity contribution is -0.126. The van der Waals surface area contributed by atoms with E-state index in [9.17, 15) is 9.59 Å². The summed E-state index contributed by atoms with van der Waals surface area (Å²) < 4.78 is 0. The van der Waals surface area contributed by atoms with Crippen molar-refractivity contribution in [3.05, 3.63) is 0 Å². The number of nitrogens with one attached hydrogen (secondary N) is 1. The van der Waals surface area contributed by atoms with Crippen LogP contribution in [0.4, 0.5) is 0 Å². The van der Waals surface area contributed by atoms with Crippen LogP contribution in [-0.2, 0) is 9.59 Å². The zero-order valence-corrected chi connectivity index (χ0v) is 12.9. The first-order valence-corrected chi connectivity index (χ1v) is 5.32. The van der Waals surface area contributed by atoms with Gasteiger partial charge in [0.25, 0.3) is 0 Å². The summed E-state index contributed by atoms with van der Waals surface area (Å²) in [6.45, 7) is 11.8. The average molecular weight is 294 g/mol. The van der Waals surface area contributed by atoms with E-state index in [2.05, 4.69) is 5.32 Å². The van der Waals surface area contributed by atoms with E-state index < -0.39 is 0 Å². The highest BCUT2D eigenvalue weighted by molar-refractivity contribution is 8.93. The third kappa shape index (κ3) is 7.12. The van der Waals surface area contributed by atoms with Crippen LogP contribution in [0.2, 0.25) is 0 Å². The molecule has 0 saturated heterocycles. The molecule has 0 rings (SSSR count). The Morgan fingerprint density at radius 2 is 1.06 bits per heavy atom. The van der Waals surface area contributed by atoms with Gasteiger partial charge in [-0.15, -0.1) is 17.0 Å². The fourth-order valence-electron chi connectivity index (χ4n) is 0.820. The molecule has 4 heteroatoms. The summed E-state index contributed by atoms with van der Waals surface area (Å²) in [5.41, 5.74) is -0.671. The van der Waals surface area contributed by atoms with E-state index in [1.165, 1.54) is 0 Å². The number of Topliss-reactive ketones (excluding diaryl/α,β-unsaturated/α-hetero) is 2. The third-order valence-corrected chi connectivity index (χ3v) is 2.24. The molecular formula is C12H24BrNO2. The van der Waals surface area contributed by atoms with Crippen molar-refractivity contribution >= 4 is 28.5 Å². The van der Waals surface area contributed by atoms with Crippen LogP contribution in [0.15, 0.2) is 0 Å². The summed E-state index contributed by atoms with van der Waals surface area (Å²) >= 11 is 0. The summed E-state index contributed by atoms with van der Waals surface area (Å²) in [7, 11) is 0. The number of ketones is 2. The summed E-state index contributed by atoms with van der Waals surface area (Å²) in [6.07, 6.45) is 0. The molecule has 0 aromatic rings. The first kappa shape index (κ1) is 18.2. The van der Waals surface area contributed by atoms with E-state index in [0.29, 0.717) is 0 Å². The van der Waals surface area contributed by atoms with Crippen molar-refractivity contribution in [3.63, 3.8) is 0 Å². The molecular weight excluding hydrogens is 270 g/mol. The summed E-state index contributed by atoms with van der Waals surface area (Å²) in [6, 6.07) is 0. The molecule has 0 aliphatic carbocycles. The van der Waals surface area contributed by atoms with Gasteiger partial charge in [-0.3, -0.25) is 9.59 Å². The Kier molecular flexibility index (Phi) is 7.37. The Balaban J connectivity index is 0. The largest absolute Gasteiger partial charge is 0.303 e. The molecule has 0 unspecified atom stereocenters. The highest BCUT2D eigenvalue weighted by Crippen LogP contribution is 2.15. The zero-order chi connectivity index (χ0) is 12.3. The molecule has 0 amide bonds. The van der Waals surface area contributed by atoms with Crippen LogP contribution in [0.1, 0.15) is 41.5 Å². The van der Waals surface area contributed by atoms with E-state index in [-0.39, 0.29) is 52.5 Å². The first-order valence-electron chi connectivity index (χ1n) is 5.32. The number of halogens is 1. The molecule has 0 radical (unpaired) electrons. The fraction of sp³-hybridized carbons (Fsp3) is 0.833. The number of hydrogen-bond donors (Lipinski definition) is 1. The molecule has 0 fully saturated rings. The highest BCUT2D eigenvalue weighted by Gasteiger charge is 2.23. The second-order valence-electron chi connectivity index (χ2n) is 5.95. The maximum absolute atomic E-state index is 11.5. The molecule has 0 aliphatic rings. The number of carbonyl (C=O) groups is 2. The fourth-order valence-corrected chi connectivity index (χ4v) is 0.820. The van der Waals surface area contributed by atoms with Gasteiger partial charge in [-0.2, -0.15) is 0 Å². The molecule has 0 aliphatic heterocycles. The Labute approximate surface area is 109 Å².